The summed E-state index contributed by atoms with van der Waals surface area (Å²) < 4.78 is 6.23. The van der Waals surface area contributed by atoms with Crippen LogP contribution in [0, 0.1) is 0 Å². The van der Waals surface area contributed by atoms with E-state index in [1.54, 1.807) is 4.68 Å². The van der Waals surface area contributed by atoms with E-state index >= 15 is 0 Å². The Morgan fingerprint density at radius 2 is 2.32 bits per heavy atom. The van der Waals surface area contributed by atoms with Crippen LogP contribution in [0.1, 0.15) is 19.2 Å². The van der Waals surface area contributed by atoms with E-state index in [2.05, 4.69) is 30.4 Å². The first kappa shape index (κ1) is 14.9. The van der Waals surface area contributed by atoms with Gasteiger partial charge < -0.3 is 15.4 Å². The van der Waals surface area contributed by atoms with Gasteiger partial charge in [0.1, 0.15) is 18.7 Å². The summed E-state index contributed by atoms with van der Waals surface area (Å²) in [6.07, 6.45) is 1.79. The monoisotopic (exact) mass is 268 g/mol. The Balaban J connectivity index is 2.47. The van der Waals surface area contributed by atoms with Gasteiger partial charge in [-0.3, -0.25) is 9.48 Å². The van der Waals surface area contributed by atoms with E-state index in [0.29, 0.717) is 25.5 Å². The van der Waals surface area contributed by atoms with Crippen molar-refractivity contribution in [1.82, 2.24) is 25.4 Å². The summed E-state index contributed by atoms with van der Waals surface area (Å²) in [7, 11) is 3.19. The standard InChI is InChI=1S/C11H20N6O2/c1-4-12-11(13-6-5-10(18)19-3)14-7-9-15-8-16-17(9)2/h8H,4-7H2,1-3H3,(H2,12,13,14). The van der Waals surface area contributed by atoms with Gasteiger partial charge >= 0.3 is 5.97 Å². The molecule has 8 heteroatoms. The van der Waals surface area contributed by atoms with Crippen LogP contribution in [0.15, 0.2) is 11.3 Å². The van der Waals surface area contributed by atoms with Gasteiger partial charge in [0.05, 0.1) is 13.5 Å². The zero-order valence-corrected chi connectivity index (χ0v) is 11.5. The minimum atomic E-state index is -0.253. The van der Waals surface area contributed by atoms with Gasteiger partial charge in [0, 0.05) is 20.1 Å². The molecule has 0 fully saturated rings. The van der Waals surface area contributed by atoms with Crippen LogP contribution in [0.2, 0.25) is 0 Å². The first-order valence-corrected chi connectivity index (χ1v) is 6.09. The van der Waals surface area contributed by atoms with Crippen LogP contribution < -0.4 is 10.6 Å². The molecule has 0 aliphatic heterocycles. The smallest absolute Gasteiger partial charge is 0.307 e. The molecule has 0 saturated heterocycles. The lowest BCUT2D eigenvalue weighted by molar-refractivity contribution is -0.140. The molecule has 0 radical (unpaired) electrons. The maximum atomic E-state index is 11.0. The first-order chi connectivity index (χ1) is 9.17. The number of aryl methyl sites for hydroxylation is 1. The molecule has 0 atom stereocenters. The summed E-state index contributed by atoms with van der Waals surface area (Å²) in [5.74, 6) is 1.15. The molecule has 0 aliphatic rings. The Labute approximate surface area is 112 Å². The van der Waals surface area contributed by atoms with Crippen molar-refractivity contribution in [3.8, 4) is 0 Å². The predicted molar refractivity (Wildman–Crippen MR) is 70.5 cm³/mol. The van der Waals surface area contributed by atoms with E-state index in [9.17, 15) is 4.79 Å². The van der Waals surface area contributed by atoms with Crippen molar-refractivity contribution in [3.63, 3.8) is 0 Å². The summed E-state index contributed by atoms with van der Waals surface area (Å²) in [5.41, 5.74) is 0. The van der Waals surface area contributed by atoms with Gasteiger partial charge in [-0.1, -0.05) is 0 Å². The molecule has 0 bridgehead atoms. The normalized spacial score (nSPS) is 11.2. The van der Waals surface area contributed by atoms with Gasteiger partial charge in [0.25, 0.3) is 0 Å². The minimum absolute atomic E-state index is 0.253. The topological polar surface area (TPSA) is 93.4 Å². The fourth-order valence-electron chi connectivity index (χ4n) is 1.34. The molecule has 19 heavy (non-hydrogen) atoms. The minimum Gasteiger partial charge on any atom is -0.469 e. The van der Waals surface area contributed by atoms with E-state index < -0.39 is 0 Å². The van der Waals surface area contributed by atoms with Crippen LogP contribution in [0.25, 0.3) is 0 Å². The summed E-state index contributed by atoms with van der Waals surface area (Å²) in [5, 5.41) is 10.1. The van der Waals surface area contributed by atoms with E-state index in [-0.39, 0.29) is 5.97 Å². The molecule has 106 valence electrons. The average molecular weight is 268 g/mol. The summed E-state index contributed by atoms with van der Waals surface area (Å²) in [4.78, 5) is 19.4. The molecule has 1 rings (SSSR count). The zero-order valence-electron chi connectivity index (χ0n) is 11.5. The van der Waals surface area contributed by atoms with E-state index in [4.69, 9.17) is 0 Å². The molecule has 0 unspecified atom stereocenters. The number of nitrogens with one attached hydrogen (secondary N) is 2. The average Bonchev–Trinajstić information content (AvgIpc) is 2.81. The van der Waals surface area contributed by atoms with Crippen molar-refractivity contribution in [1.29, 1.82) is 0 Å². The van der Waals surface area contributed by atoms with Crippen molar-refractivity contribution in [3.05, 3.63) is 12.2 Å². The lowest BCUT2D eigenvalue weighted by Crippen LogP contribution is -2.38. The molecule has 1 heterocycles. The van der Waals surface area contributed by atoms with Crippen LogP contribution in [0.3, 0.4) is 0 Å². The lowest BCUT2D eigenvalue weighted by Gasteiger charge is -2.10. The SMILES string of the molecule is CCNC(=NCc1ncnn1C)NCCC(=O)OC. The number of ether oxygens (including phenoxy) is 1. The van der Waals surface area contributed by atoms with Gasteiger partial charge in [-0.05, 0) is 6.92 Å². The molecule has 0 aliphatic carbocycles. The zero-order chi connectivity index (χ0) is 14.1. The number of methoxy groups -OCH3 is 1. The van der Waals surface area contributed by atoms with Crippen LogP contribution in [-0.4, -0.2) is 46.9 Å². The summed E-state index contributed by atoms with van der Waals surface area (Å²) in [6.45, 7) is 3.60. The Kier molecular flexibility index (Phi) is 6.34. The van der Waals surface area contributed by atoms with Crippen LogP contribution in [-0.2, 0) is 23.1 Å². The number of aromatic nitrogens is 3. The molecular weight excluding hydrogens is 248 g/mol. The molecule has 0 aromatic carbocycles. The first-order valence-electron chi connectivity index (χ1n) is 6.09. The number of nitrogens with zero attached hydrogens (tertiary/aromatic N) is 4. The van der Waals surface area contributed by atoms with Gasteiger partial charge in [0.2, 0.25) is 0 Å². The highest BCUT2D eigenvalue weighted by molar-refractivity contribution is 5.80. The lowest BCUT2D eigenvalue weighted by atomic mass is 10.4. The molecule has 2 N–H and O–H groups in total. The maximum absolute atomic E-state index is 11.0. The second-order valence-electron chi connectivity index (χ2n) is 3.75. The van der Waals surface area contributed by atoms with Gasteiger partial charge in [-0.25, -0.2) is 9.98 Å². The highest BCUT2D eigenvalue weighted by Crippen LogP contribution is 1.93. The Bertz CT molecular complexity index is 429. The van der Waals surface area contributed by atoms with Crippen molar-refractivity contribution < 1.29 is 9.53 Å². The van der Waals surface area contributed by atoms with Crippen LogP contribution in [0.5, 0.6) is 0 Å². The number of carbonyl (C=O) groups excluding carboxylic acids is 1. The summed E-state index contributed by atoms with van der Waals surface area (Å²) in [6, 6.07) is 0. The highest BCUT2D eigenvalue weighted by atomic mass is 16.5. The molecular formula is C11H20N6O2. The molecule has 0 saturated carbocycles. The fraction of sp³-hybridized carbons (Fsp3) is 0.636. The van der Waals surface area contributed by atoms with Crippen molar-refractivity contribution in [2.45, 2.75) is 19.9 Å². The molecule has 8 nitrogen and oxygen atoms in total. The third-order valence-corrected chi connectivity index (χ3v) is 2.38. The Morgan fingerprint density at radius 1 is 1.53 bits per heavy atom. The summed E-state index contributed by atoms with van der Waals surface area (Å²) >= 11 is 0. The fourth-order valence-corrected chi connectivity index (χ4v) is 1.34. The number of carbonyl (C=O) groups is 1. The largest absolute Gasteiger partial charge is 0.469 e. The number of hydrogen-bond acceptors (Lipinski definition) is 5. The number of guanidine groups is 1. The van der Waals surface area contributed by atoms with Gasteiger partial charge in [-0.2, -0.15) is 5.10 Å². The van der Waals surface area contributed by atoms with Crippen molar-refractivity contribution in [2.24, 2.45) is 12.0 Å². The molecule has 1 aromatic heterocycles. The van der Waals surface area contributed by atoms with Gasteiger partial charge in [0.15, 0.2) is 5.96 Å². The highest BCUT2D eigenvalue weighted by Gasteiger charge is 2.03. The second kappa shape index (κ2) is 8.06. The van der Waals surface area contributed by atoms with Gasteiger partial charge in [-0.15, -0.1) is 0 Å². The second-order valence-corrected chi connectivity index (χ2v) is 3.75. The number of hydrogen-bond donors (Lipinski definition) is 2. The quantitative estimate of drug-likeness (QED) is 0.408. The third kappa shape index (κ3) is 5.36. The maximum Gasteiger partial charge on any atom is 0.307 e. The molecule has 1 aromatic rings. The van der Waals surface area contributed by atoms with E-state index in [0.717, 1.165) is 12.4 Å². The Morgan fingerprint density at radius 3 is 2.89 bits per heavy atom. The number of esters is 1. The third-order valence-electron chi connectivity index (χ3n) is 2.38. The van der Waals surface area contributed by atoms with E-state index in [1.807, 2.05) is 14.0 Å². The molecule has 0 amide bonds. The number of aliphatic imine (C=N–C) groups is 1. The van der Waals surface area contributed by atoms with Crippen LogP contribution >= 0.6 is 0 Å². The Hall–Kier alpha value is -2.12. The van der Waals surface area contributed by atoms with Crippen molar-refractivity contribution >= 4 is 11.9 Å². The predicted octanol–water partition coefficient (Wildman–Crippen LogP) is -0.567. The van der Waals surface area contributed by atoms with E-state index in [1.165, 1.54) is 13.4 Å². The van der Waals surface area contributed by atoms with Crippen LogP contribution in [0.4, 0.5) is 0 Å². The van der Waals surface area contributed by atoms with Crippen molar-refractivity contribution in [2.75, 3.05) is 20.2 Å². The number of rotatable bonds is 6. The molecule has 0 spiro atoms.